The average molecular weight is 333 g/mol. The number of amides is 1. The molecule has 2 rings (SSSR count). The number of benzene rings is 1. The van der Waals surface area contributed by atoms with Crippen LogP contribution in [0, 0.1) is 6.92 Å². The molecule has 2 N–H and O–H groups in total. The van der Waals surface area contributed by atoms with Gasteiger partial charge < -0.3 is 15.2 Å². The van der Waals surface area contributed by atoms with Crippen LogP contribution in [-0.2, 0) is 17.6 Å². The maximum absolute atomic E-state index is 12.2. The van der Waals surface area contributed by atoms with Crippen LogP contribution >= 0.6 is 11.3 Å². The highest BCUT2D eigenvalue weighted by molar-refractivity contribution is 7.16. The first-order chi connectivity index (χ1) is 11.0. The number of thiophene rings is 1. The Hall–Kier alpha value is -2.34. The van der Waals surface area contributed by atoms with E-state index in [0.717, 1.165) is 16.0 Å². The van der Waals surface area contributed by atoms with Gasteiger partial charge in [-0.05, 0) is 36.6 Å². The molecule has 1 amide bonds. The number of rotatable bonds is 6. The van der Waals surface area contributed by atoms with Gasteiger partial charge in [-0.15, -0.1) is 11.3 Å². The van der Waals surface area contributed by atoms with E-state index in [0.29, 0.717) is 17.2 Å². The van der Waals surface area contributed by atoms with Crippen LogP contribution in [0.4, 0.5) is 5.00 Å². The van der Waals surface area contributed by atoms with Crippen molar-refractivity contribution < 1.29 is 19.4 Å². The first kappa shape index (κ1) is 17.0. The summed E-state index contributed by atoms with van der Waals surface area (Å²) < 4.78 is 5.13. The van der Waals surface area contributed by atoms with E-state index in [1.165, 1.54) is 11.3 Å². The molecule has 0 aliphatic rings. The number of aromatic carboxylic acids is 1. The summed E-state index contributed by atoms with van der Waals surface area (Å²) in [5, 5.41) is 12.5. The van der Waals surface area contributed by atoms with Crippen LogP contribution in [0.5, 0.6) is 5.75 Å². The number of carboxylic acids is 1. The normalized spacial score (nSPS) is 10.4. The second kappa shape index (κ2) is 7.28. The number of carboxylic acid groups (broad SMARTS) is 1. The van der Waals surface area contributed by atoms with Gasteiger partial charge >= 0.3 is 5.97 Å². The van der Waals surface area contributed by atoms with Crippen molar-refractivity contribution in [3.63, 3.8) is 0 Å². The Morgan fingerprint density at radius 2 is 2.09 bits per heavy atom. The largest absolute Gasteiger partial charge is 0.497 e. The Labute approximate surface area is 138 Å². The van der Waals surface area contributed by atoms with Crippen molar-refractivity contribution >= 4 is 28.2 Å². The lowest BCUT2D eigenvalue weighted by atomic mass is 10.1. The van der Waals surface area contributed by atoms with E-state index in [1.54, 1.807) is 19.2 Å². The summed E-state index contributed by atoms with van der Waals surface area (Å²) in [4.78, 5) is 24.6. The third-order valence-corrected chi connectivity index (χ3v) is 4.59. The van der Waals surface area contributed by atoms with Crippen molar-refractivity contribution in [1.29, 1.82) is 0 Å². The van der Waals surface area contributed by atoms with E-state index < -0.39 is 5.97 Å². The van der Waals surface area contributed by atoms with E-state index >= 15 is 0 Å². The summed E-state index contributed by atoms with van der Waals surface area (Å²) >= 11 is 1.30. The molecule has 0 bridgehead atoms. The number of nitrogens with one attached hydrogen (secondary N) is 1. The molecule has 2 aromatic rings. The standard InChI is InChI=1S/C17H19NO4S/c1-4-13-10(2)23-16(15(13)17(20)21)18-14(19)9-11-6-5-7-12(8-11)22-3/h5-8H,4,9H2,1-3H3,(H,18,19)(H,20,21). The second-order valence-corrected chi connectivity index (χ2v) is 6.30. The number of hydrogen-bond donors (Lipinski definition) is 2. The highest BCUT2D eigenvalue weighted by atomic mass is 32.1. The number of carbonyl (C=O) groups is 2. The van der Waals surface area contributed by atoms with Crippen molar-refractivity contribution in [3.05, 3.63) is 45.8 Å². The lowest BCUT2D eigenvalue weighted by Crippen LogP contribution is -2.16. The van der Waals surface area contributed by atoms with E-state index in [1.807, 2.05) is 26.0 Å². The van der Waals surface area contributed by atoms with Crippen LogP contribution in [0.25, 0.3) is 0 Å². The molecular formula is C17H19NO4S. The molecule has 0 atom stereocenters. The maximum Gasteiger partial charge on any atom is 0.339 e. The highest BCUT2D eigenvalue weighted by Crippen LogP contribution is 2.33. The molecule has 6 heteroatoms. The molecule has 23 heavy (non-hydrogen) atoms. The highest BCUT2D eigenvalue weighted by Gasteiger charge is 2.21. The topological polar surface area (TPSA) is 75.6 Å². The fourth-order valence-corrected chi connectivity index (χ4v) is 3.61. The maximum atomic E-state index is 12.2. The van der Waals surface area contributed by atoms with Gasteiger partial charge in [0.2, 0.25) is 5.91 Å². The number of hydrogen-bond acceptors (Lipinski definition) is 4. The summed E-state index contributed by atoms with van der Waals surface area (Å²) in [5.74, 6) is -0.575. The predicted molar refractivity (Wildman–Crippen MR) is 90.7 cm³/mol. The summed E-state index contributed by atoms with van der Waals surface area (Å²) in [6.45, 7) is 3.77. The van der Waals surface area contributed by atoms with Gasteiger partial charge in [0.25, 0.3) is 0 Å². The average Bonchev–Trinajstić information content (AvgIpc) is 2.82. The first-order valence-corrected chi connectivity index (χ1v) is 8.06. The molecule has 0 radical (unpaired) electrons. The lowest BCUT2D eigenvalue weighted by Gasteiger charge is -2.06. The Morgan fingerprint density at radius 3 is 2.70 bits per heavy atom. The molecule has 0 aliphatic heterocycles. The summed E-state index contributed by atoms with van der Waals surface area (Å²) in [5.41, 5.74) is 1.79. The fraction of sp³-hybridized carbons (Fsp3) is 0.294. The van der Waals surface area contributed by atoms with Gasteiger partial charge in [0, 0.05) is 4.88 Å². The van der Waals surface area contributed by atoms with Crippen LogP contribution in [0.15, 0.2) is 24.3 Å². The fourth-order valence-electron chi connectivity index (χ4n) is 2.46. The van der Waals surface area contributed by atoms with Crippen LogP contribution in [0.1, 0.15) is 33.3 Å². The van der Waals surface area contributed by atoms with E-state index in [-0.39, 0.29) is 17.9 Å². The third-order valence-electron chi connectivity index (χ3n) is 3.53. The monoisotopic (exact) mass is 333 g/mol. The smallest absolute Gasteiger partial charge is 0.339 e. The summed E-state index contributed by atoms with van der Waals surface area (Å²) in [7, 11) is 1.57. The minimum atomic E-state index is -1.01. The van der Waals surface area contributed by atoms with E-state index in [2.05, 4.69) is 5.32 Å². The number of carbonyl (C=O) groups excluding carboxylic acids is 1. The quantitative estimate of drug-likeness (QED) is 0.848. The molecule has 1 heterocycles. The molecule has 5 nitrogen and oxygen atoms in total. The van der Waals surface area contributed by atoms with Crippen molar-refractivity contribution in [1.82, 2.24) is 0 Å². The molecule has 1 aromatic carbocycles. The minimum absolute atomic E-state index is 0.161. The van der Waals surface area contributed by atoms with Crippen LogP contribution < -0.4 is 10.1 Å². The summed E-state index contributed by atoms with van der Waals surface area (Å²) in [6, 6.07) is 7.24. The molecule has 0 aliphatic carbocycles. The van der Waals surface area contributed by atoms with Gasteiger partial charge in [0.05, 0.1) is 19.1 Å². The predicted octanol–water partition coefficient (Wildman–Crippen LogP) is 3.51. The Kier molecular flexibility index (Phi) is 5.39. The number of ether oxygens (including phenoxy) is 1. The molecule has 0 saturated carbocycles. The van der Waals surface area contributed by atoms with Gasteiger partial charge in [-0.2, -0.15) is 0 Å². The zero-order valence-electron chi connectivity index (χ0n) is 13.3. The Morgan fingerprint density at radius 1 is 1.35 bits per heavy atom. The molecule has 0 spiro atoms. The van der Waals surface area contributed by atoms with Gasteiger partial charge in [-0.3, -0.25) is 4.79 Å². The van der Waals surface area contributed by atoms with Crippen molar-refractivity contribution in [2.75, 3.05) is 12.4 Å². The number of anilines is 1. The van der Waals surface area contributed by atoms with Gasteiger partial charge in [0.1, 0.15) is 10.8 Å². The van der Waals surface area contributed by atoms with E-state index in [9.17, 15) is 14.7 Å². The van der Waals surface area contributed by atoms with Crippen LogP contribution in [0.2, 0.25) is 0 Å². The molecule has 1 aromatic heterocycles. The molecule has 0 saturated heterocycles. The van der Waals surface area contributed by atoms with Crippen molar-refractivity contribution in [2.45, 2.75) is 26.7 Å². The minimum Gasteiger partial charge on any atom is -0.497 e. The van der Waals surface area contributed by atoms with Crippen molar-refractivity contribution in [3.8, 4) is 5.75 Å². The van der Waals surface area contributed by atoms with Crippen LogP contribution in [0.3, 0.4) is 0 Å². The number of aryl methyl sites for hydroxylation is 1. The van der Waals surface area contributed by atoms with Gasteiger partial charge in [-0.1, -0.05) is 19.1 Å². The molecule has 122 valence electrons. The van der Waals surface area contributed by atoms with Crippen molar-refractivity contribution in [2.24, 2.45) is 0 Å². The molecular weight excluding hydrogens is 314 g/mol. The number of methoxy groups -OCH3 is 1. The second-order valence-electron chi connectivity index (χ2n) is 5.08. The summed E-state index contributed by atoms with van der Waals surface area (Å²) in [6.07, 6.45) is 0.782. The zero-order chi connectivity index (χ0) is 17.0. The van der Waals surface area contributed by atoms with Crippen LogP contribution in [-0.4, -0.2) is 24.1 Å². The zero-order valence-corrected chi connectivity index (χ0v) is 14.1. The van der Waals surface area contributed by atoms with E-state index in [4.69, 9.17) is 4.74 Å². The lowest BCUT2D eigenvalue weighted by molar-refractivity contribution is -0.115. The Balaban J connectivity index is 2.18. The molecule has 0 unspecified atom stereocenters. The van der Waals surface area contributed by atoms with Gasteiger partial charge in [0.15, 0.2) is 0 Å². The van der Waals surface area contributed by atoms with Gasteiger partial charge in [-0.25, -0.2) is 4.79 Å². The molecule has 0 fully saturated rings. The Bertz CT molecular complexity index is 736. The third kappa shape index (κ3) is 3.90. The SMILES string of the molecule is CCc1c(C)sc(NC(=O)Cc2cccc(OC)c2)c1C(=O)O. The first-order valence-electron chi connectivity index (χ1n) is 7.24.